The van der Waals surface area contributed by atoms with Crippen LogP contribution >= 0.6 is 11.6 Å². The second-order valence-corrected chi connectivity index (χ2v) is 4.56. The number of halogens is 1. The molecule has 0 aliphatic rings. The van der Waals surface area contributed by atoms with E-state index in [1.54, 1.807) is 18.2 Å². The number of aromatic nitrogens is 2. The molecule has 0 unspecified atom stereocenters. The minimum atomic E-state index is -0.820. The number of hydrogen-bond donors (Lipinski definition) is 0. The van der Waals surface area contributed by atoms with Crippen molar-refractivity contribution in [2.45, 2.75) is 0 Å². The first-order chi connectivity index (χ1) is 9.97. The van der Waals surface area contributed by atoms with Crippen molar-refractivity contribution in [3.63, 3.8) is 0 Å². The highest BCUT2D eigenvalue weighted by atomic mass is 35.5. The van der Waals surface area contributed by atoms with E-state index in [0.29, 0.717) is 22.8 Å². The lowest BCUT2D eigenvalue weighted by atomic mass is 10.1. The second kappa shape index (κ2) is 5.97. The molecule has 0 aliphatic carbocycles. The van der Waals surface area contributed by atoms with Crippen LogP contribution in [0.4, 0.5) is 0 Å². The lowest BCUT2D eigenvalue weighted by Gasteiger charge is -2.10. The van der Waals surface area contributed by atoms with Gasteiger partial charge >= 0.3 is 0 Å². The fourth-order valence-corrected chi connectivity index (χ4v) is 2.02. The largest absolute Gasteiger partial charge is 0.493 e. The Labute approximate surface area is 125 Å². The van der Waals surface area contributed by atoms with E-state index < -0.39 is 10.8 Å². The van der Waals surface area contributed by atoms with Crippen molar-refractivity contribution in [3.8, 4) is 22.8 Å². The summed E-state index contributed by atoms with van der Waals surface area (Å²) in [7, 11) is 4.51. The Morgan fingerprint density at radius 2 is 1.86 bits per heavy atom. The van der Waals surface area contributed by atoms with Crippen LogP contribution in [0.5, 0.6) is 11.5 Å². The van der Waals surface area contributed by atoms with E-state index in [2.05, 4.69) is 5.10 Å². The van der Waals surface area contributed by atoms with E-state index in [1.165, 1.54) is 27.3 Å². The number of benzene rings is 1. The molecule has 1 aromatic heterocycles. The number of aryl methyl sites for hydroxylation is 1. The maximum atomic E-state index is 11.8. The normalized spacial score (nSPS) is 10.3. The maximum absolute atomic E-state index is 11.8. The summed E-state index contributed by atoms with van der Waals surface area (Å²) in [5.74, 6) is 1.09. The molecule has 0 saturated heterocycles. The van der Waals surface area contributed by atoms with Gasteiger partial charge in [0.25, 0.3) is 10.8 Å². The third kappa shape index (κ3) is 2.90. The van der Waals surface area contributed by atoms with Crippen LogP contribution in [0, 0.1) is 0 Å². The summed E-state index contributed by atoms with van der Waals surface area (Å²) >= 11 is 5.42. The van der Waals surface area contributed by atoms with Gasteiger partial charge in [-0.15, -0.1) is 0 Å². The molecular weight excluding hydrogens is 296 g/mol. The number of methoxy groups -OCH3 is 2. The fourth-order valence-electron chi connectivity index (χ4n) is 1.89. The van der Waals surface area contributed by atoms with Gasteiger partial charge in [0.05, 0.1) is 19.9 Å². The van der Waals surface area contributed by atoms with Gasteiger partial charge in [-0.1, -0.05) is 0 Å². The molecule has 0 aliphatic heterocycles. The molecule has 2 aromatic rings. The smallest absolute Gasteiger partial charge is 0.278 e. The van der Waals surface area contributed by atoms with Crippen molar-refractivity contribution >= 4 is 16.8 Å². The maximum Gasteiger partial charge on any atom is 0.278 e. The van der Waals surface area contributed by atoms with Gasteiger partial charge in [-0.25, -0.2) is 4.68 Å². The van der Waals surface area contributed by atoms with Gasteiger partial charge in [0, 0.05) is 12.6 Å². The molecule has 0 amide bonds. The van der Waals surface area contributed by atoms with Crippen LogP contribution in [0.25, 0.3) is 11.3 Å². The average molecular weight is 309 g/mol. The van der Waals surface area contributed by atoms with Gasteiger partial charge in [-0.2, -0.15) is 5.10 Å². The molecule has 0 bridgehead atoms. The molecule has 1 heterocycles. The lowest BCUT2D eigenvalue weighted by Crippen LogP contribution is -2.25. The Morgan fingerprint density at radius 1 is 1.19 bits per heavy atom. The molecule has 0 radical (unpaired) electrons. The highest BCUT2D eigenvalue weighted by Crippen LogP contribution is 2.31. The van der Waals surface area contributed by atoms with Crippen molar-refractivity contribution in [2.24, 2.45) is 7.05 Å². The van der Waals surface area contributed by atoms with E-state index in [4.69, 9.17) is 21.1 Å². The molecule has 0 saturated carbocycles. The van der Waals surface area contributed by atoms with Crippen LogP contribution < -0.4 is 15.0 Å². The number of hydrogen-bond acceptors (Lipinski definition) is 5. The Morgan fingerprint density at radius 3 is 2.43 bits per heavy atom. The summed E-state index contributed by atoms with van der Waals surface area (Å²) in [6, 6.07) is 6.52. The quantitative estimate of drug-likeness (QED) is 0.806. The molecule has 7 heteroatoms. The summed E-state index contributed by atoms with van der Waals surface area (Å²) in [6.45, 7) is 0. The number of rotatable bonds is 4. The molecule has 21 heavy (non-hydrogen) atoms. The Hall–Kier alpha value is -2.34. The monoisotopic (exact) mass is 308 g/mol. The molecule has 110 valence electrons. The van der Waals surface area contributed by atoms with Crippen LogP contribution in [-0.4, -0.2) is 29.2 Å². The van der Waals surface area contributed by atoms with Gasteiger partial charge in [0.1, 0.15) is 5.56 Å². The van der Waals surface area contributed by atoms with E-state index in [1.807, 2.05) is 0 Å². The first-order valence-corrected chi connectivity index (χ1v) is 6.36. The van der Waals surface area contributed by atoms with E-state index >= 15 is 0 Å². The predicted molar refractivity (Wildman–Crippen MR) is 78.2 cm³/mol. The average Bonchev–Trinajstić information content (AvgIpc) is 2.48. The summed E-state index contributed by atoms with van der Waals surface area (Å²) in [5, 5.41) is 3.29. The van der Waals surface area contributed by atoms with Crippen molar-refractivity contribution in [2.75, 3.05) is 14.2 Å². The first kappa shape index (κ1) is 15.1. The summed E-state index contributed by atoms with van der Waals surface area (Å²) in [4.78, 5) is 23.1. The summed E-state index contributed by atoms with van der Waals surface area (Å²) in [6.07, 6.45) is 0. The van der Waals surface area contributed by atoms with Crippen LogP contribution in [0.15, 0.2) is 29.1 Å². The van der Waals surface area contributed by atoms with Crippen LogP contribution in [-0.2, 0) is 7.05 Å². The van der Waals surface area contributed by atoms with Gasteiger partial charge in [0.2, 0.25) is 0 Å². The molecule has 1 aromatic carbocycles. The molecule has 0 spiro atoms. The first-order valence-electron chi connectivity index (χ1n) is 5.98. The van der Waals surface area contributed by atoms with Crippen molar-refractivity contribution in [3.05, 3.63) is 40.2 Å². The van der Waals surface area contributed by atoms with Crippen LogP contribution in [0.1, 0.15) is 10.4 Å². The molecular formula is C14H13ClN2O4. The zero-order chi connectivity index (χ0) is 15.6. The number of ether oxygens (including phenoxy) is 2. The van der Waals surface area contributed by atoms with E-state index in [-0.39, 0.29) is 5.56 Å². The Balaban J connectivity index is 2.62. The van der Waals surface area contributed by atoms with E-state index in [0.717, 1.165) is 4.68 Å². The third-order valence-corrected chi connectivity index (χ3v) is 3.16. The highest BCUT2D eigenvalue weighted by Gasteiger charge is 2.14. The number of carbonyl (C=O) groups excluding carboxylic acids is 1. The van der Waals surface area contributed by atoms with Crippen molar-refractivity contribution in [1.29, 1.82) is 0 Å². The van der Waals surface area contributed by atoms with Crippen LogP contribution in [0.3, 0.4) is 0 Å². The molecule has 0 atom stereocenters. The van der Waals surface area contributed by atoms with Gasteiger partial charge in [-0.3, -0.25) is 9.59 Å². The minimum absolute atomic E-state index is 0.126. The van der Waals surface area contributed by atoms with Crippen LogP contribution in [0.2, 0.25) is 0 Å². The molecule has 2 rings (SSSR count). The summed E-state index contributed by atoms with van der Waals surface area (Å²) in [5.41, 5.74) is 0.433. The van der Waals surface area contributed by atoms with Gasteiger partial charge < -0.3 is 9.47 Å². The third-order valence-electron chi connectivity index (χ3n) is 2.95. The van der Waals surface area contributed by atoms with Crippen molar-refractivity contribution in [1.82, 2.24) is 9.78 Å². The number of nitrogens with zero attached hydrogens (tertiary/aromatic N) is 2. The van der Waals surface area contributed by atoms with Gasteiger partial charge in [-0.05, 0) is 35.9 Å². The zero-order valence-corrected chi connectivity index (χ0v) is 12.5. The fraction of sp³-hybridized carbons (Fsp3) is 0.214. The zero-order valence-electron chi connectivity index (χ0n) is 11.7. The minimum Gasteiger partial charge on any atom is -0.493 e. The summed E-state index contributed by atoms with van der Waals surface area (Å²) < 4.78 is 11.4. The standard InChI is InChI=1S/C14H13ClN2O4/c1-17-14(19)9(13(15)18)7-10(16-17)8-4-5-11(20-2)12(6-8)21-3/h4-7H,1-3H3. The Bertz CT molecular complexity index is 755. The SMILES string of the molecule is COc1ccc(-c2cc(C(=O)Cl)c(=O)n(C)n2)cc1OC. The second-order valence-electron chi connectivity index (χ2n) is 4.22. The molecule has 0 fully saturated rings. The highest BCUT2D eigenvalue weighted by molar-refractivity contribution is 6.67. The van der Waals surface area contributed by atoms with E-state index in [9.17, 15) is 9.59 Å². The lowest BCUT2D eigenvalue weighted by molar-refractivity contribution is 0.107. The predicted octanol–water partition coefficient (Wildman–Crippen LogP) is 1.84. The number of carbonyl (C=O) groups is 1. The topological polar surface area (TPSA) is 70.4 Å². The van der Waals surface area contributed by atoms with Crippen molar-refractivity contribution < 1.29 is 14.3 Å². The Kier molecular flexibility index (Phi) is 4.28. The van der Waals surface area contributed by atoms with Gasteiger partial charge in [0.15, 0.2) is 11.5 Å². The molecule has 0 N–H and O–H groups in total. The molecule has 6 nitrogen and oxygen atoms in total.